The van der Waals surface area contributed by atoms with Gasteiger partial charge in [0.15, 0.2) is 0 Å². The Balaban J connectivity index is 0.00000240. The van der Waals surface area contributed by atoms with E-state index >= 15 is 0 Å². The maximum Gasteiger partial charge on any atom is 0.315 e. The predicted molar refractivity (Wildman–Crippen MR) is 126 cm³/mol. The summed E-state index contributed by atoms with van der Waals surface area (Å²) in [7, 11) is -3.56. The van der Waals surface area contributed by atoms with Gasteiger partial charge in [0.25, 0.3) is 0 Å². The van der Waals surface area contributed by atoms with Crippen LogP contribution in [0.3, 0.4) is 0 Å². The second kappa shape index (κ2) is 13.1. The standard InChI is InChI=1S/C22H34N3O3S.2CH2/c1-18-10-9-14-21(16-18)29(27,28)25-15-8-7-13-20(25)17-23-22(26)24-19-11-5-3-2-4-6-12-19;;/h9-10,14,16,20H,2-8,11-13,15,17H2,1H3,(H2,23,24,26);2*1H2. The fraction of sp³-hybridized carbons (Fsp3) is 0.583. The molecule has 0 aromatic heterocycles. The Morgan fingerprint density at radius 3 is 2.39 bits per heavy atom. The summed E-state index contributed by atoms with van der Waals surface area (Å²) in [6.45, 7) is 2.73. The zero-order chi connectivity index (χ0) is 20.7. The monoisotopic (exact) mass is 448 g/mol. The number of carbonyl (C=O) groups is 1. The normalized spacial score (nSPS) is 21.0. The molecule has 6 nitrogen and oxygen atoms in total. The molecule has 2 aliphatic rings. The summed E-state index contributed by atoms with van der Waals surface area (Å²) in [6, 6.07) is 7.73. The average Bonchev–Trinajstić information content (AvgIpc) is 2.68. The molecule has 1 atom stereocenters. The van der Waals surface area contributed by atoms with Crippen LogP contribution in [0, 0.1) is 27.8 Å². The molecule has 173 valence electrons. The molecular weight excluding hydrogens is 410 g/mol. The summed E-state index contributed by atoms with van der Waals surface area (Å²) in [5, 5.41) is 5.94. The lowest BCUT2D eigenvalue weighted by Gasteiger charge is -2.35. The van der Waals surface area contributed by atoms with E-state index in [4.69, 9.17) is 0 Å². The number of benzene rings is 1. The van der Waals surface area contributed by atoms with Gasteiger partial charge in [-0.15, -0.1) is 0 Å². The van der Waals surface area contributed by atoms with E-state index < -0.39 is 10.0 Å². The molecule has 1 aliphatic carbocycles. The molecule has 1 aliphatic heterocycles. The van der Waals surface area contributed by atoms with E-state index in [1.54, 1.807) is 22.5 Å². The first-order chi connectivity index (χ1) is 14.0. The maximum absolute atomic E-state index is 13.2. The number of sulfonamides is 1. The number of urea groups is 1. The summed E-state index contributed by atoms with van der Waals surface area (Å²) >= 11 is 0. The van der Waals surface area contributed by atoms with Crippen molar-refractivity contribution < 1.29 is 13.2 Å². The highest BCUT2D eigenvalue weighted by Crippen LogP contribution is 2.26. The smallest absolute Gasteiger partial charge is 0.315 e. The van der Waals surface area contributed by atoms with Crippen LogP contribution in [0.5, 0.6) is 0 Å². The number of rotatable bonds is 5. The molecule has 2 N–H and O–H groups in total. The van der Waals surface area contributed by atoms with Gasteiger partial charge < -0.3 is 10.6 Å². The molecule has 1 unspecified atom stereocenters. The number of aryl methyl sites for hydroxylation is 1. The van der Waals surface area contributed by atoms with Crippen LogP contribution in [0.15, 0.2) is 29.2 Å². The zero-order valence-electron chi connectivity index (χ0n) is 18.9. The Labute approximate surface area is 190 Å². The number of nitrogens with zero attached hydrogens (tertiary/aromatic N) is 1. The van der Waals surface area contributed by atoms with Crippen LogP contribution in [0.25, 0.3) is 0 Å². The Kier molecular flexibility index (Phi) is 11.6. The van der Waals surface area contributed by atoms with Crippen LogP contribution in [-0.2, 0) is 10.0 Å². The second-order valence-electron chi connectivity index (χ2n) is 8.29. The maximum atomic E-state index is 13.2. The second-order valence-corrected chi connectivity index (χ2v) is 10.2. The van der Waals surface area contributed by atoms with Crippen molar-refractivity contribution in [3.8, 4) is 0 Å². The van der Waals surface area contributed by atoms with Crippen molar-refractivity contribution in [3.63, 3.8) is 0 Å². The van der Waals surface area contributed by atoms with Crippen molar-refractivity contribution in [1.29, 1.82) is 0 Å². The van der Waals surface area contributed by atoms with Crippen molar-refractivity contribution in [2.75, 3.05) is 13.1 Å². The molecule has 31 heavy (non-hydrogen) atoms. The highest BCUT2D eigenvalue weighted by Gasteiger charge is 2.33. The van der Waals surface area contributed by atoms with Gasteiger partial charge in [0, 0.05) is 19.1 Å². The third-order valence-corrected chi connectivity index (χ3v) is 7.86. The SMILES string of the molecule is Cc1cccc(S(=O)(=O)N2CCCCC2CNC(=O)N[C]2CCCCCCC2)c1.[CH2].[CH2]. The molecule has 1 saturated carbocycles. The molecule has 7 heteroatoms. The average molecular weight is 449 g/mol. The Morgan fingerprint density at radius 1 is 1.03 bits per heavy atom. The van der Waals surface area contributed by atoms with Crippen LogP contribution in [0.2, 0.25) is 0 Å². The van der Waals surface area contributed by atoms with Gasteiger partial charge in [-0.2, -0.15) is 4.31 Å². The van der Waals surface area contributed by atoms with E-state index in [1.165, 1.54) is 19.3 Å². The summed E-state index contributed by atoms with van der Waals surface area (Å²) in [4.78, 5) is 12.7. The van der Waals surface area contributed by atoms with Gasteiger partial charge in [0.05, 0.1) is 10.9 Å². The van der Waals surface area contributed by atoms with E-state index in [2.05, 4.69) is 10.6 Å². The minimum atomic E-state index is -3.56. The molecule has 0 bridgehead atoms. The first-order valence-electron chi connectivity index (χ1n) is 10.9. The molecule has 1 heterocycles. The highest BCUT2D eigenvalue weighted by molar-refractivity contribution is 7.89. The summed E-state index contributed by atoms with van der Waals surface area (Å²) in [5.41, 5.74) is 0.924. The minimum absolute atomic E-state index is 0. The van der Waals surface area contributed by atoms with Crippen LogP contribution in [0.4, 0.5) is 4.79 Å². The molecule has 2 fully saturated rings. The molecular formula is C24H38N3O3S. The Morgan fingerprint density at radius 2 is 1.71 bits per heavy atom. The third-order valence-electron chi connectivity index (χ3n) is 5.91. The third kappa shape index (κ3) is 7.79. The molecule has 1 aromatic carbocycles. The number of carbonyl (C=O) groups excluding carboxylic acids is 1. The quantitative estimate of drug-likeness (QED) is 0.681. The predicted octanol–water partition coefficient (Wildman–Crippen LogP) is 4.77. The van der Waals surface area contributed by atoms with Gasteiger partial charge in [0.1, 0.15) is 0 Å². The minimum Gasteiger partial charge on any atom is -0.337 e. The van der Waals surface area contributed by atoms with Gasteiger partial charge in [-0.05, 0) is 50.3 Å². The first-order valence-corrected chi connectivity index (χ1v) is 12.4. The van der Waals surface area contributed by atoms with E-state index in [0.717, 1.165) is 56.6 Å². The van der Waals surface area contributed by atoms with Gasteiger partial charge in [0.2, 0.25) is 10.0 Å². The van der Waals surface area contributed by atoms with E-state index in [0.29, 0.717) is 18.0 Å². The van der Waals surface area contributed by atoms with Crippen molar-refractivity contribution in [1.82, 2.24) is 14.9 Å². The van der Waals surface area contributed by atoms with Crippen molar-refractivity contribution >= 4 is 16.1 Å². The highest BCUT2D eigenvalue weighted by atomic mass is 32.2. The van der Waals surface area contributed by atoms with Gasteiger partial charge in [-0.25, -0.2) is 13.2 Å². The lowest BCUT2D eigenvalue weighted by molar-refractivity contribution is 0.223. The number of nitrogens with one attached hydrogen (secondary N) is 2. The molecule has 0 spiro atoms. The summed E-state index contributed by atoms with van der Waals surface area (Å²) in [5.74, 6) is 0. The van der Waals surface area contributed by atoms with Crippen molar-refractivity contribution in [2.24, 2.45) is 0 Å². The van der Waals surface area contributed by atoms with Crippen molar-refractivity contribution in [2.45, 2.75) is 82.1 Å². The Bertz CT molecular complexity index is 774. The number of piperidine rings is 1. The van der Waals surface area contributed by atoms with Crippen LogP contribution >= 0.6 is 0 Å². The largest absolute Gasteiger partial charge is 0.337 e. The molecule has 5 radical (unpaired) electrons. The Hall–Kier alpha value is -1.60. The number of hydrogen-bond acceptors (Lipinski definition) is 3. The van der Waals surface area contributed by atoms with Crippen LogP contribution in [-0.4, -0.2) is 37.9 Å². The molecule has 1 saturated heterocycles. The van der Waals surface area contributed by atoms with E-state index in [9.17, 15) is 13.2 Å². The summed E-state index contributed by atoms with van der Waals surface area (Å²) in [6.07, 6.45) is 10.5. The van der Waals surface area contributed by atoms with Crippen LogP contribution < -0.4 is 10.6 Å². The molecule has 3 rings (SSSR count). The first kappa shape index (κ1) is 27.4. The fourth-order valence-corrected chi connectivity index (χ4v) is 6.08. The van der Waals surface area contributed by atoms with Gasteiger partial charge >= 0.3 is 6.03 Å². The summed E-state index contributed by atoms with van der Waals surface area (Å²) < 4.78 is 27.9. The zero-order valence-corrected chi connectivity index (χ0v) is 19.7. The molecule has 2 amide bonds. The fourth-order valence-electron chi connectivity index (χ4n) is 4.28. The molecule has 1 aromatic rings. The lowest BCUT2D eigenvalue weighted by atomic mass is 9.97. The topological polar surface area (TPSA) is 78.5 Å². The van der Waals surface area contributed by atoms with E-state index in [-0.39, 0.29) is 26.9 Å². The van der Waals surface area contributed by atoms with Crippen molar-refractivity contribution in [3.05, 3.63) is 50.7 Å². The number of hydrogen-bond donors (Lipinski definition) is 2. The lowest BCUT2D eigenvalue weighted by Crippen LogP contribution is -2.51. The van der Waals surface area contributed by atoms with E-state index in [1.807, 2.05) is 13.0 Å². The number of amides is 2. The van der Waals surface area contributed by atoms with Crippen LogP contribution in [0.1, 0.15) is 69.8 Å². The van der Waals surface area contributed by atoms with Gasteiger partial charge in [-0.1, -0.05) is 65.5 Å². The van der Waals surface area contributed by atoms with Gasteiger partial charge in [-0.3, -0.25) is 0 Å².